The number of halogens is 1. The van der Waals surface area contributed by atoms with Crippen LogP contribution in [0.25, 0.3) is 0 Å². The molecule has 0 aromatic heterocycles. The monoisotopic (exact) mass is 187 g/mol. The fraction of sp³-hybridized carbons (Fsp3) is 1.00. The van der Waals surface area contributed by atoms with Crippen molar-refractivity contribution >= 4 is 21.9 Å². The van der Waals surface area contributed by atoms with E-state index in [9.17, 15) is 8.42 Å². The third-order valence-electron chi connectivity index (χ3n) is 0.739. The molecular weight excluding hydrogens is 178 g/mol. The van der Waals surface area contributed by atoms with Gasteiger partial charge in [0.05, 0.1) is 0 Å². The highest BCUT2D eigenvalue weighted by atomic mass is 35.5. The lowest BCUT2D eigenvalue weighted by Crippen LogP contribution is -2.44. The first-order valence-corrected chi connectivity index (χ1v) is 4.57. The van der Waals surface area contributed by atoms with E-state index >= 15 is 0 Å². The zero-order valence-electron chi connectivity index (χ0n) is 5.76. The summed E-state index contributed by atoms with van der Waals surface area (Å²) in [6.07, 6.45) is 0. The van der Waals surface area contributed by atoms with E-state index in [4.69, 9.17) is 16.2 Å². The Morgan fingerprint density at radius 3 is 2.10 bits per heavy atom. The molecule has 0 amide bonds. The largest absolute Gasteiger partial charge is 0.333 e. The molecule has 0 radical (unpaired) electrons. The normalized spacial score (nSPS) is 13.6. The molecule has 0 aliphatic heterocycles. The smallest absolute Gasteiger partial charge is 0.273 e. The average Bonchev–Trinajstić information content (AvgIpc) is 1.60. The summed E-state index contributed by atoms with van der Waals surface area (Å²) in [5, 5.41) is 0. The van der Waals surface area contributed by atoms with Crippen LogP contribution in [0.4, 0.5) is 0 Å². The molecular formula is C4H10ClNO3S. The fourth-order valence-corrected chi connectivity index (χ4v) is 1.29. The molecule has 0 spiro atoms. The summed E-state index contributed by atoms with van der Waals surface area (Å²) in [4.78, 5) is 0. The highest BCUT2D eigenvalue weighted by molar-refractivity contribution is 7.83. The molecule has 0 fully saturated rings. The maximum atomic E-state index is 10.2. The van der Waals surface area contributed by atoms with Gasteiger partial charge >= 0.3 is 10.3 Å². The van der Waals surface area contributed by atoms with Crippen molar-refractivity contribution in [3.8, 4) is 0 Å². The van der Waals surface area contributed by atoms with Crippen molar-refractivity contribution in [1.82, 2.24) is 4.72 Å². The molecule has 0 aromatic rings. The number of hydrogen-bond donors (Lipinski definition) is 2. The summed E-state index contributed by atoms with van der Waals surface area (Å²) < 4.78 is 30.6. The SMILES string of the molecule is CC(C)(CCl)NS(=O)(=O)O. The van der Waals surface area contributed by atoms with Crippen LogP contribution in [0.2, 0.25) is 0 Å². The summed E-state index contributed by atoms with van der Waals surface area (Å²) >= 11 is 5.36. The van der Waals surface area contributed by atoms with Crippen molar-refractivity contribution in [2.24, 2.45) is 0 Å². The van der Waals surface area contributed by atoms with Crippen LogP contribution < -0.4 is 4.72 Å². The quantitative estimate of drug-likeness (QED) is 0.497. The van der Waals surface area contributed by atoms with Crippen LogP contribution in [0.3, 0.4) is 0 Å². The number of nitrogens with one attached hydrogen (secondary N) is 1. The first kappa shape index (κ1) is 10.2. The maximum absolute atomic E-state index is 10.2. The maximum Gasteiger partial charge on any atom is 0.333 e. The van der Waals surface area contributed by atoms with Gasteiger partial charge in [-0.05, 0) is 13.8 Å². The molecule has 2 N–H and O–H groups in total. The molecule has 0 heterocycles. The molecule has 0 unspecified atom stereocenters. The summed E-state index contributed by atoms with van der Waals surface area (Å²) in [7, 11) is -4.13. The third-order valence-corrected chi connectivity index (χ3v) is 2.22. The molecule has 0 aliphatic rings. The van der Waals surface area contributed by atoms with Crippen molar-refractivity contribution < 1.29 is 13.0 Å². The van der Waals surface area contributed by atoms with Gasteiger partial charge in [-0.25, -0.2) is 0 Å². The standard InChI is InChI=1S/C4H10ClNO3S/c1-4(2,3-5)6-10(7,8)9/h6H,3H2,1-2H3,(H,7,8,9). The lowest BCUT2D eigenvalue weighted by Gasteiger charge is -2.20. The van der Waals surface area contributed by atoms with Gasteiger partial charge in [-0.1, -0.05) is 0 Å². The van der Waals surface area contributed by atoms with Crippen LogP contribution in [0, 0.1) is 0 Å². The van der Waals surface area contributed by atoms with Crippen LogP contribution in [-0.4, -0.2) is 24.4 Å². The van der Waals surface area contributed by atoms with Gasteiger partial charge in [-0.15, -0.1) is 11.6 Å². The van der Waals surface area contributed by atoms with Gasteiger partial charge in [-0.2, -0.15) is 13.1 Å². The van der Waals surface area contributed by atoms with Gasteiger partial charge in [0.15, 0.2) is 0 Å². The first-order chi connectivity index (χ1) is 4.27. The Morgan fingerprint density at radius 2 is 2.00 bits per heavy atom. The molecule has 4 nitrogen and oxygen atoms in total. The van der Waals surface area contributed by atoms with Gasteiger partial charge < -0.3 is 0 Å². The summed E-state index contributed by atoms with van der Waals surface area (Å²) in [5.41, 5.74) is -0.796. The van der Waals surface area contributed by atoms with E-state index in [0.29, 0.717) is 0 Å². The summed E-state index contributed by atoms with van der Waals surface area (Å²) in [5.74, 6) is 0.104. The van der Waals surface area contributed by atoms with Crippen LogP contribution in [0.5, 0.6) is 0 Å². The second-order valence-corrected chi connectivity index (χ2v) is 4.02. The Morgan fingerprint density at radius 1 is 1.60 bits per heavy atom. The van der Waals surface area contributed by atoms with E-state index in [1.165, 1.54) is 0 Å². The van der Waals surface area contributed by atoms with E-state index in [2.05, 4.69) is 0 Å². The Bertz CT molecular complexity index is 199. The number of alkyl halides is 1. The average molecular weight is 188 g/mol. The molecule has 0 bridgehead atoms. The minimum Gasteiger partial charge on any atom is -0.273 e. The first-order valence-electron chi connectivity index (χ1n) is 2.59. The molecule has 0 aliphatic carbocycles. The lowest BCUT2D eigenvalue weighted by atomic mass is 10.1. The van der Waals surface area contributed by atoms with Gasteiger partial charge in [0.1, 0.15) is 0 Å². The molecule has 62 valence electrons. The van der Waals surface area contributed by atoms with Crippen LogP contribution in [-0.2, 0) is 10.3 Å². The van der Waals surface area contributed by atoms with Crippen molar-refractivity contribution in [1.29, 1.82) is 0 Å². The molecule has 0 aromatic carbocycles. The zero-order valence-corrected chi connectivity index (χ0v) is 7.33. The minimum absolute atomic E-state index is 0.104. The van der Waals surface area contributed by atoms with Crippen molar-refractivity contribution in [2.45, 2.75) is 19.4 Å². The molecule has 0 saturated heterocycles. The van der Waals surface area contributed by atoms with Gasteiger partial charge in [0.2, 0.25) is 0 Å². The van der Waals surface area contributed by atoms with Gasteiger partial charge in [0, 0.05) is 11.4 Å². The second kappa shape index (κ2) is 3.04. The second-order valence-electron chi connectivity index (χ2n) is 2.59. The zero-order chi connectivity index (χ0) is 8.41. The van der Waals surface area contributed by atoms with Crippen molar-refractivity contribution in [2.75, 3.05) is 5.88 Å². The van der Waals surface area contributed by atoms with Crippen molar-refractivity contribution in [3.63, 3.8) is 0 Å². The Kier molecular flexibility index (Phi) is 3.09. The van der Waals surface area contributed by atoms with Gasteiger partial charge in [-0.3, -0.25) is 4.55 Å². The van der Waals surface area contributed by atoms with Gasteiger partial charge in [0.25, 0.3) is 0 Å². The van der Waals surface area contributed by atoms with Crippen LogP contribution >= 0.6 is 11.6 Å². The van der Waals surface area contributed by atoms with Crippen molar-refractivity contribution in [3.05, 3.63) is 0 Å². The third kappa shape index (κ3) is 4.99. The lowest BCUT2D eigenvalue weighted by molar-refractivity contribution is 0.426. The molecule has 6 heteroatoms. The topological polar surface area (TPSA) is 66.4 Å². The fourth-order valence-electron chi connectivity index (χ4n) is 0.376. The predicted molar refractivity (Wildman–Crippen MR) is 39.5 cm³/mol. The molecule has 0 saturated carbocycles. The predicted octanol–water partition coefficient (Wildman–Crippen LogP) is 0.396. The Labute approximate surface area is 65.5 Å². The Balaban J connectivity index is 4.16. The summed E-state index contributed by atoms with van der Waals surface area (Å²) in [6.45, 7) is 3.13. The highest BCUT2D eigenvalue weighted by Gasteiger charge is 2.21. The van der Waals surface area contributed by atoms with E-state index in [-0.39, 0.29) is 5.88 Å². The van der Waals surface area contributed by atoms with E-state index in [1.54, 1.807) is 13.8 Å². The van der Waals surface area contributed by atoms with E-state index in [0.717, 1.165) is 0 Å². The Hall–Kier alpha value is 0.160. The molecule has 10 heavy (non-hydrogen) atoms. The van der Waals surface area contributed by atoms with Crippen LogP contribution in [0.15, 0.2) is 0 Å². The highest BCUT2D eigenvalue weighted by Crippen LogP contribution is 2.04. The minimum atomic E-state index is -4.13. The molecule has 0 rings (SSSR count). The number of hydrogen-bond acceptors (Lipinski definition) is 2. The van der Waals surface area contributed by atoms with E-state index < -0.39 is 15.8 Å². The van der Waals surface area contributed by atoms with E-state index in [1.807, 2.05) is 4.72 Å². The summed E-state index contributed by atoms with van der Waals surface area (Å²) in [6, 6.07) is 0. The number of rotatable bonds is 3. The molecule has 0 atom stereocenters. The van der Waals surface area contributed by atoms with Crippen LogP contribution in [0.1, 0.15) is 13.8 Å².